The highest BCUT2D eigenvalue weighted by molar-refractivity contribution is 5.89. The summed E-state index contributed by atoms with van der Waals surface area (Å²) in [6.07, 6.45) is 0. The normalized spacial score (nSPS) is 9.76. The fourth-order valence-corrected chi connectivity index (χ4v) is 1.30. The molecule has 1 rings (SSSR count). The summed E-state index contributed by atoms with van der Waals surface area (Å²) in [5.74, 6) is -0.430. The molecular weight excluding hydrogens is 220 g/mol. The van der Waals surface area contributed by atoms with E-state index in [4.69, 9.17) is 0 Å². The molecule has 0 aliphatic rings. The van der Waals surface area contributed by atoms with E-state index in [1.54, 1.807) is 31.3 Å². The van der Waals surface area contributed by atoms with Gasteiger partial charge in [0.2, 0.25) is 5.91 Å². The van der Waals surface area contributed by atoms with Gasteiger partial charge in [-0.15, -0.1) is 0 Å². The minimum absolute atomic E-state index is 0.0652. The fraction of sp³-hybridized carbons (Fsp3) is 0.333. The lowest BCUT2D eigenvalue weighted by molar-refractivity contribution is -0.120. The molecule has 0 saturated heterocycles. The molecule has 0 spiro atoms. The second-order valence-corrected chi connectivity index (χ2v) is 3.50. The maximum absolute atomic E-state index is 11.2. The molecule has 0 aliphatic heterocycles. The fourth-order valence-electron chi connectivity index (χ4n) is 1.30. The van der Waals surface area contributed by atoms with Gasteiger partial charge in [-0.2, -0.15) is 0 Å². The zero-order valence-electron chi connectivity index (χ0n) is 9.95. The van der Waals surface area contributed by atoms with Gasteiger partial charge in [0, 0.05) is 6.54 Å². The van der Waals surface area contributed by atoms with Crippen LogP contribution in [0.5, 0.6) is 0 Å². The third-order valence-electron chi connectivity index (χ3n) is 2.20. The highest BCUT2D eigenvalue weighted by atomic mass is 16.5. The van der Waals surface area contributed by atoms with E-state index in [9.17, 15) is 9.59 Å². The number of ether oxygens (including phenoxy) is 1. The van der Waals surface area contributed by atoms with Crippen LogP contribution < -0.4 is 10.6 Å². The molecule has 5 heteroatoms. The summed E-state index contributed by atoms with van der Waals surface area (Å²) >= 11 is 0. The van der Waals surface area contributed by atoms with E-state index >= 15 is 0 Å². The minimum atomic E-state index is -0.365. The third-order valence-corrected chi connectivity index (χ3v) is 2.20. The van der Waals surface area contributed by atoms with Gasteiger partial charge in [0.15, 0.2) is 0 Å². The first-order valence-electron chi connectivity index (χ1n) is 5.26. The number of amides is 1. The van der Waals surface area contributed by atoms with Gasteiger partial charge in [-0.1, -0.05) is 12.1 Å². The van der Waals surface area contributed by atoms with E-state index < -0.39 is 0 Å². The van der Waals surface area contributed by atoms with Crippen molar-refractivity contribution in [2.24, 2.45) is 0 Å². The molecule has 1 aromatic rings. The van der Waals surface area contributed by atoms with Crippen LogP contribution in [0.4, 0.5) is 0 Å². The van der Waals surface area contributed by atoms with Crippen molar-refractivity contribution in [1.29, 1.82) is 0 Å². The third kappa shape index (κ3) is 4.24. The maximum Gasteiger partial charge on any atom is 0.337 e. The van der Waals surface area contributed by atoms with Gasteiger partial charge >= 0.3 is 5.97 Å². The van der Waals surface area contributed by atoms with Crippen LogP contribution >= 0.6 is 0 Å². The molecule has 92 valence electrons. The van der Waals surface area contributed by atoms with E-state index in [2.05, 4.69) is 15.4 Å². The summed E-state index contributed by atoms with van der Waals surface area (Å²) in [4.78, 5) is 22.4. The molecule has 0 aliphatic carbocycles. The Kier molecular flexibility index (Phi) is 5.16. The summed E-state index contributed by atoms with van der Waals surface area (Å²) in [7, 11) is 3.05. The number of likely N-dealkylation sites (N-methyl/N-ethyl adjacent to an activating group) is 1. The molecule has 0 radical (unpaired) electrons. The van der Waals surface area contributed by atoms with Crippen LogP contribution in [0, 0.1) is 0 Å². The van der Waals surface area contributed by atoms with Gasteiger partial charge in [-0.05, 0) is 24.7 Å². The van der Waals surface area contributed by atoms with Gasteiger partial charge in [-0.3, -0.25) is 4.79 Å². The second-order valence-electron chi connectivity index (χ2n) is 3.50. The number of benzene rings is 1. The molecule has 0 saturated carbocycles. The Bertz CT molecular complexity index is 387. The van der Waals surface area contributed by atoms with Crippen LogP contribution in [0.15, 0.2) is 24.3 Å². The molecule has 0 heterocycles. The number of carbonyl (C=O) groups is 2. The highest BCUT2D eigenvalue weighted by Gasteiger charge is 2.04. The molecular formula is C12H16N2O3. The van der Waals surface area contributed by atoms with E-state index in [1.807, 2.05) is 0 Å². The van der Waals surface area contributed by atoms with Crippen molar-refractivity contribution in [3.05, 3.63) is 35.4 Å². The number of methoxy groups -OCH3 is 1. The van der Waals surface area contributed by atoms with Gasteiger partial charge in [0.05, 0.1) is 19.2 Å². The standard InChI is InChI=1S/C12H16N2O3/c1-13-8-11(15)14-7-9-3-5-10(6-4-9)12(16)17-2/h3-6,13H,7-8H2,1-2H3,(H,14,15). The van der Waals surface area contributed by atoms with Gasteiger partial charge in [0.1, 0.15) is 0 Å². The van der Waals surface area contributed by atoms with E-state index in [0.717, 1.165) is 5.56 Å². The lowest BCUT2D eigenvalue weighted by Gasteiger charge is -2.05. The first kappa shape index (κ1) is 13.2. The SMILES string of the molecule is CNCC(=O)NCc1ccc(C(=O)OC)cc1. The molecule has 1 aromatic carbocycles. The maximum atomic E-state index is 11.2. The van der Waals surface area contributed by atoms with E-state index in [-0.39, 0.29) is 11.9 Å². The van der Waals surface area contributed by atoms with E-state index in [1.165, 1.54) is 7.11 Å². The number of hydrogen-bond acceptors (Lipinski definition) is 4. The zero-order valence-corrected chi connectivity index (χ0v) is 9.95. The van der Waals surface area contributed by atoms with Crippen molar-refractivity contribution < 1.29 is 14.3 Å². The molecule has 0 unspecified atom stereocenters. The van der Waals surface area contributed by atoms with E-state index in [0.29, 0.717) is 18.7 Å². The van der Waals surface area contributed by atoms with Gasteiger partial charge in [-0.25, -0.2) is 4.79 Å². The Hall–Kier alpha value is -1.88. The van der Waals surface area contributed by atoms with Crippen molar-refractivity contribution in [3.63, 3.8) is 0 Å². The summed E-state index contributed by atoms with van der Waals surface area (Å²) in [5, 5.41) is 5.51. The van der Waals surface area contributed by atoms with Crippen molar-refractivity contribution in [2.45, 2.75) is 6.54 Å². The molecule has 5 nitrogen and oxygen atoms in total. The average Bonchev–Trinajstić information content (AvgIpc) is 2.36. The van der Waals surface area contributed by atoms with Crippen LogP contribution in [0.2, 0.25) is 0 Å². The van der Waals surface area contributed by atoms with Crippen LogP contribution in [-0.2, 0) is 16.1 Å². The van der Waals surface area contributed by atoms with Crippen molar-refractivity contribution in [3.8, 4) is 0 Å². The van der Waals surface area contributed by atoms with Gasteiger partial charge in [0.25, 0.3) is 0 Å². The van der Waals surface area contributed by atoms with Crippen molar-refractivity contribution in [2.75, 3.05) is 20.7 Å². The predicted octanol–water partition coefficient (Wildman–Crippen LogP) is 0.309. The Morgan fingerprint density at radius 2 is 1.88 bits per heavy atom. The molecule has 0 atom stereocenters. The summed E-state index contributed by atoms with van der Waals surface area (Å²) in [6, 6.07) is 6.91. The minimum Gasteiger partial charge on any atom is -0.465 e. The van der Waals surface area contributed by atoms with Crippen LogP contribution in [-0.4, -0.2) is 32.6 Å². The monoisotopic (exact) mass is 236 g/mol. The zero-order chi connectivity index (χ0) is 12.7. The predicted molar refractivity (Wildman–Crippen MR) is 63.6 cm³/mol. The number of carbonyl (C=O) groups excluding carboxylic acids is 2. The Labute approximate surface area is 100 Å². The second kappa shape index (κ2) is 6.65. The number of nitrogens with one attached hydrogen (secondary N) is 2. The molecule has 17 heavy (non-hydrogen) atoms. The summed E-state index contributed by atoms with van der Waals surface area (Å²) in [5.41, 5.74) is 1.43. The average molecular weight is 236 g/mol. The van der Waals surface area contributed by atoms with Crippen molar-refractivity contribution >= 4 is 11.9 Å². The largest absolute Gasteiger partial charge is 0.465 e. The van der Waals surface area contributed by atoms with Crippen molar-refractivity contribution in [1.82, 2.24) is 10.6 Å². The molecule has 0 aromatic heterocycles. The Balaban J connectivity index is 2.51. The van der Waals surface area contributed by atoms with Gasteiger partial charge < -0.3 is 15.4 Å². The lowest BCUT2D eigenvalue weighted by atomic mass is 10.1. The Morgan fingerprint density at radius 3 is 2.41 bits per heavy atom. The van der Waals surface area contributed by atoms with Crippen LogP contribution in [0.3, 0.4) is 0 Å². The van der Waals surface area contributed by atoms with Crippen LogP contribution in [0.25, 0.3) is 0 Å². The molecule has 1 amide bonds. The molecule has 0 fully saturated rings. The topological polar surface area (TPSA) is 67.4 Å². The number of esters is 1. The van der Waals surface area contributed by atoms with Crippen LogP contribution in [0.1, 0.15) is 15.9 Å². The Morgan fingerprint density at radius 1 is 1.24 bits per heavy atom. The number of hydrogen-bond donors (Lipinski definition) is 2. The summed E-state index contributed by atoms with van der Waals surface area (Å²) < 4.78 is 4.59. The quantitative estimate of drug-likeness (QED) is 0.722. The highest BCUT2D eigenvalue weighted by Crippen LogP contribution is 2.05. The first-order chi connectivity index (χ1) is 8.17. The lowest BCUT2D eigenvalue weighted by Crippen LogP contribution is -2.31. The molecule has 0 bridgehead atoms. The smallest absolute Gasteiger partial charge is 0.337 e. The summed E-state index contributed by atoms with van der Waals surface area (Å²) in [6.45, 7) is 0.738. The number of rotatable bonds is 5. The molecule has 2 N–H and O–H groups in total. The first-order valence-corrected chi connectivity index (χ1v) is 5.26.